The van der Waals surface area contributed by atoms with Gasteiger partial charge in [-0.3, -0.25) is 0 Å². The van der Waals surface area contributed by atoms with Crippen molar-refractivity contribution in [2.75, 3.05) is 31.5 Å². The summed E-state index contributed by atoms with van der Waals surface area (Å²) in [6, 6.07) is 1.96. The summed E-state index contributed by atoms with van der Waals surface area (Å²) >= 11 is 0. The van der Waals surface area contributed by atoms with Crippen LogP contribution in [0.4, 0.5) is 5.82 Å². The van der Waals surface area contributed by atoms with Gasteiger partial charge in [0.05, 0.1) is 12.4 Å². The second kappa shape index (κ2) is 6.31. The van der Waals surface area contributed by atoms with Crippen molar-refractivity contribution in [2.45, 2.75) is 19.8 Å². The molecule has 0 aromatic carbocycles. The molecule has 2 rings (SSSR count). The minimum absolute atomic E-state index is 0.358. The second-order valence-corrected chi connectivity index (χ2v) is 4.66. The molecule has 1 fully saturated rings. The van der Waals surface area contributed by atoms with Gasteiger partial charge in [-0.2, -0.15) is 5.26 Å². The second-order valence-electron chi connectivity index (χ2n) is 4.66. The lowest BCUT2D eigenvalue weighted by Gasteiger charge is -2.31. The van der Waals surface area contributed by atoms with Crippen molar-refractivity contribution in [3.63, 3.8) is 0 Å². The zero-order chi connectivity index (χ0) is 12.8. The molecule has 1 aliphatic rings. The van der Waals surface area contributed by atoms with E-state index in [1.54, 1.807) is 6.20 Å². The van der Waals surface area contributed by atoms with Crippen molar-refractivity contribution in [2.24, 2.45) is 5.92 Å². The lowest BCUT2D eigenvalue weighted by atomic mass is 9.97. The number of piperidine rings is 1. The number of nitrogens with one attached hydrogen (secondary N) is 1. The Balaban J connectivity index is 1.76. The Kier molecular flexibility index (Phi) is 4.48. The molecule has 1 aliphatic heterocycles. The van der Waals surface area contributed by atoms with Gasteiger partial charge in [-0.15, -0.1) is 0 Å². The van der Waals surface area contributed by atoms with Crippen molar-refractivity contribution in [3.05, 3.63) is 18.1 Å². The first kappa shape index (κ1) is 12.8. The maximum absolute atomic E-state index is 8.63. The van der Waals surface area contributed by atoms with E-state index in [0.29, 0.717) is 11.6 Å². The van der Waals surface area contributed by atoms with Gasteiger partial charge in [0.25, 0.3) is 0 Å². The molecule has 1 saturated heterocycles. The van der Waals surface area contributed by atoms with Crippen LogP contribution in [0.25, 0.3) is 0 Å². The highest BCUT2D eigenvalue weighted by molar-refractivity contribution is 5.33. The lowest BCUT2D eigenvalue weighted by molar-refractivity contribution is 0.198. The molecule has 0 bridgehead atoms. The van der Waals surface area contributed by atoms with Crippen LogP contribution in [-0.4, -0.2) is 41.0 Å². The van der Waals surface area contributed by atoms with Gasteiger partial charge in [0, 0.05) is 6.54 Å². The van der Waals surface area contributed by atoms with E-state index in [4.69, 9.17) is 5.26 Å². The van der Waals surface area contributed by atoms with E-state index in [1.807, 2.05) is 6.07 Å². The van der Waals surface area contributed by atoms with Gasteiger partial charge in [0.15, 0.2) is 5.69 Å². The first-order valence-corrected chi connectivity index (χ1v) is 6.50. The summed E-state index contributed by atoms with van der Waals surface area (Å²) in [6.07, 6.45) is 5.61. The highest BCUT2D eigenvalue weighted by atomic mass is 15.1. The van der Waals surface area contributed by atoms with Crippen LogP contribution in [0.5, 0.6) is 0 Å². The van der Waals surface area contributed by atoms with Gasteiger partial charge in [-0.25, -0.2) is 9.97 Å². The Hall–Kier alpha value is -1.67. The third-order valence-electron chi connectivity index (χ3n) is 3.49. The molecular weight excluding hydrogens is 226 g/mol. The maximum atomic E-state index is 8.63. The summed E-state index contributed by atoms with van der Waals surface area (Å²) in [5.41, 5.74) is 0.358. The third kappa shape index (κ3) is 3.41. The number of nitriles is 1. The maximum Gasteiger partial charge on any atom is 0.158 e. The highest BCUT2D eigenvalue weighted by Gasteiger charge is 2.17. The van der Waals surface area contributed by atoms with E-state index in [1.165, 1.54) is 32.1 Å². The summed E-state index contributed by atoms with van der Waals surface area (Å²) < 4.78 is 0. The molecule has 0 unspecified atom stereocenters. The van der Waals surface area contributed by atoms with Gasteiger partial charge in [0.1, 0.15) is 11.9 Å². The Labute approximate surface area is 108 Å². The molecule has 18 heavy (non-hydrogen) atoms. The van der Waals surface area contributed by atoms with Gasteiger partial charge in [0.2, 0.25) is 0 Å². The zero-order valence-corrected chi connectivity index (χ0v) is 10.8. The minimum atomic E-state index is 0.358. The van der Waals surface area contributed by atoms with Crippen molar-refractivity contribution in [1.82, 2.24) is 14.9 Å². The van der Waals surface area contributed by atoms with Crippen LogP contribution in [-0.2, 0) is 0 Å². The van der Waals surface area contributed by atoms with Crippen molar-refractivity contribution in [3.8, 4) is 6.07 Å². The summed E-state index contributed by atoms with van der Waals surface area (Å²) in [5.74, 6) is 1.47. The number of hydrogen-bond donors (Lipinski definition) is 1. The topological polar surface area (TPSA) is 64.8 Å². The fourth-order valence-corrected chi connectivity index (χ4v) is 2.23. The average molecular weight is 245 g/mol. The molecule has 1 aromatic rings. The Morgan fingerprint density at radius 3 is 2.72 bits per heavy atom. The number of aromatic nitrogens is 2. The molecule has 5 nitrogen and oxygen atoms in total. The molecule has 0 aliphatic carbocycles. The molecule has 0 spiro atoms. The Morgan fingerprint density at radius 2 is 2.17 bits per heavy atom. The normalized spacial score (nSPS) is 17.3. The van der Waals surface area contributed by atoms with Crippen LogP contribution in [0.1, 0.15) is 25.5 Å². The number of rotatable bonds is 4. The van der Waals surface area contributed by atoms with Crippen molar-refractivity contribution >= 4 is 5.82 Å². The Bertz CT molecular complexity index is 400. The van der Waals surface area contributed by atoms with Crippen molar-refractivity contribution in [1.29, 1.82) is 5.26 Å². The smallest absolute Gasteiger partial charge is 0.158 e. The Morgan fingerprint density at radius 1 is 1.39 bits per heavy atom. The number of nitrogens with zero attached hydrogens (tertiary/aromatic N) is 4. The van der Waals surface area contributed by atoms with Gasteiger partial charge in [-0.05, 0) is 38.4 Å². The molecule has 0 amide bonds. The monoisotopic (exact) mass is 245 g/mol. The molecule has 1 N–H and O–H groups in total. The molecule has 0 radical (unpaired) electrons. The molecule has 96 valence electrons. The molecule has 5 heteroatoms. The summed E-state index contributed by atoms with van der Waals surface area (Å²) in [5, 5.41) is 11.9. The van der Waals surface area contributed by atoms with E-state index in [9.17, 15) is 0 Å². The summed E-state index contributed by atoms with van der Waals surface area (Å²) in [7, 11) is 0. The van der Waals surface area contributed by atoms with Crippen LogP contribution in [0.2, 0.25) is 0 Å². The number of likely N-dealkylation sites (tertiary alicyclic amines) is 1. The zero-order valence-electron chi connectivity index (χ0n) is 10.8. The van der Waals surface area contributed by atoms with Crippen LogP contribution in [0, 0.1) is 17.2 Å². The SMILES string of the molecule is CCN1CCC(CNc2cnc(C#N)cn2)CC1. The fraction of sp³-hybridized carbons (Fsp3) is 0.615. The van der Waals surface area contributed by atoms with Crippen molar-refractivity contribution < 1.29 is 0 Å². The molecule has 0 atom stereocenters. The molecular formula is C13H19N5. The largest absolute Gasteiger partial charge is 0.369 e. The third-order valence-corrected chi connectivity index (χ3v) is 3.49. The molecule has 1 aromatic heterocycles. The first-order valence-electron chi connectivity index (χ1n) is 6.50. The lowest BCUT2D eigenvalue weighted by Crippen LogP contribution is -2.35. The first-order chi connectivity index (χ1) is 8.81. The molecule has 2 heterocycles. The van der Waals surface area contributed by atoms with E-state index in [-0.39, 0.29) is 0 Å². The highest BCUT2D eigenvalue weighted by Crippen LogP contribution is 2.17. The quantitative estimate of drug-likeness (QED) is 0.870. The van der Waals surface area contributed by atoms with Gasteiger partial charge < -0.3 is 10.2 Å². The summed E-state index contributed by atoms with van der Waals surface area (Å²) in [4.78, 5) is 10.6. The predicted octanol–water partition coefficient (Wildman–Crippen LogP) is 1.49. The standard InChI is InChI=1S/C13H19N5/c1-2-18-5-3-11(4-6-18)8-16-13-10-15-12(7-14)9-17-13/h9-11H,2-6,8H2,1H3,(H,16,17). The van der Waals surface area contributed by atoms with Crippen LogP contribution in [0.15, 0.2) is 12.4 Å². The predicted molar refractivity (Wildman–Crippen MR) is 70.1 cm³/mol. The molecule has 0 saturated carbocycles. The van der Waals surface area contributed by atoms with E-state index in [2.05, 4.69) is 27.1 Å². The number of anilines is 1. The average Bonchev–Trinajstić information content (AvgIpc) is 2.46. The van der Waals surface area contributed by atoms with Crippen LogP contribution >= 0.6 is 0 Å². The van der Waals surface area contributed by atoms with E-state index < -0.39 is 0 Å². The summed E-state index contributed by atoms with van der Waals surface area (Å²) in [6.45, 7) is 6.70. The van der Waals surface area contributed by atoms with Crippen LogP contribution < -0.4 is 5.32 Å². The van der Waals surface area contributed by atoms with Crippen LogP contribution in [0.3, 0.4) is 0 Å². The fourth-order valence-electron chi connectivity index (χ4n) is 2.23. The minimum Gasteiger partial charge on any atom is -0.369 e. The van der Waals surface area contributed by atoms with Gasteiger partial charge in [-0.1, -0.05) is 6.92 Å². The number of hydrogen-bond acceptors (Lipinski definition) is 5. The van der Waals surface area contributed by atoms with Gasteiger partial charge >= 0.3 is 0 Å². The van der Waals surface area contributed by atoms with E-state index in [0.717, 1.165) is 18.9 Å². The van der Waals surface area contributed by atoms with E-state index >= 15 is 0 Å².